The van der Waals surface area contributed by atoms with E-state index in [1.54, 1.807) is 30.3 Å². The van der Waals surface area contributed by atoms with Crippen molar-refractivity contribution >= 4 is 32.8 Å². The van der Waals surface area contributed by atoms with Crippen LogP contribution in [-0.4, -0.2) is 70.8 Å². The van der Waals surface area contributed by atoms with Crippen molar-refractivity contribution in [1.29, 1.82) is 0 Å². The second-order valence-corrected chi connectivity index (χ2v) is 11.2. The number of fused-ring (bicyclic) bond motifs is 3. The second-order valence-electron chi connectivity index (χ2n) is 9.29. The van der Waals surface area contributed by atoms with Crippen LogP contribution >= 0.6 is 0 Å². The normalized spacial score (nSPS) is 17.8. The Hall–Kier alpha value is -2.82. The maximum absolute atomic E-state index is 13.2. The van der Waals surface area contributed by atoms with Gasteiger partial charge in [-0.2, -0.15) is 4.31 Å². The highest BCUT2D eigenvalue weighted by Gasteiger charge is 2.28. The molecule has 0 bridgehead atoms. The summed E-state index contributed by atoms with van der Waals surface area (Å²) in [6.45, 7) is 8.20. The number of benzene rings is 1. The van der Waals surface area contributed by atoms with Crippen LogP contribution in [-0.2, 0) is 23.0 Å². The fourth-order valence-electron chi connectivity index (χ4n) is 4.93. The standard InChI is InChI=1S/C25H32N6O3S/c1-3-29-13-15-30(16-14-29)35(33,34)20-10-8-19(9-11-20)27-25(32)21-17-18(2)26-24-23(21)28-22-7-5-4-6-12-31(22)24/h8-11,17H,3-7,12-16H2,1-2H3,(H,27,32). The zero-order valence-electron chi connectivity index (χ0n) is 20.3. The summed E-state index contributed by atoms with van der Waals surface area (Å²) >= 11 is 0. The summed E-state index contributed by atoms with van der Waals surface area (Å²) in [5, 5.41) is 2.91. The number of amides is 1. The van der Waals surface area contributed by atoms with Crippen LogP contribution in [0.2, 0.25) is 0 Å². The lowest BCUT2D eigenvalue weighted by atomic mass is 10.1. The van der Waals surface area contributed by atoms with Gasteiger partial charge in [0.05, 0.1) is 10.5 Å². The average Bonchev–Trinajstić information content (AvgIpc) is 3.04. The number of imidazole rings is 1. The molecule has 0 saturated carbocycles. The maximum Gasteiger partial charge on any atom is 0.258 e. The molecule has 2 aromatic heterocycles. The molecule has 5 rings (SSSR count). The molecule has 3 aromatic rings. The molecule has 9 nitrogen and oxygen atoms in total. The van der Waals surface area contributed by atoms with Crippen LogP contribution in [0.5, 0.6) is 0 Å². The van der Waals surface area contributed by atoms with Gasteiger partial charge in [0.1, 0.15) is 11.3 Å². The molecular weight excluding hydrogens is 464 g/mol. The van der Waals surface area contributed by atoms with E-state index in [1.165, 1.54) is 10.7 Å². The van der Waals surface area contributed by atoms with E-state index in [9.17, 15) is 13.2 Å². The lowest BCUT2D eigenvalue weighted by Gasteiger charge is -2.33. The molecule has 0 aliphatic carbocycles. The van der Waals surface area contributed by atoms with E-state index in [0.29, 0.717) is 29.9 Å². The van der Waals surface area contributed by atoms with Crippen LogP contribution < -0.4 is 5.32 Å². The van der Waals surface area contributed by atoms with E-state index in [1.807, 2.05) is 6.92 Å². The Labute approximate surface area is 206 Å². The molecule has 1 amide bonds. The Kier molecular flexibility index (Phi) is 6.61. The lowest BCUT2D eigenvalue weighted by Crippen LogP contribution is -2.48. The zero-order chi connectivity index (χ0) is 24.6. The summed E-state index contributed by atoms with van der Waals surface area (Å²) in [6, 6.07) is 8.16. The number of aryl methyl sites for hydroxylation is 3. The Morgan fingerprint density at radius 1 is 1.00 bits per heavy atom. The van der Waals surface area contributed by atoms with E-state index >= 15 is 0 Å². The third kappa shape index (κ3) is 4.70. The van der Waals surface area contributed by atoms with Gasteiger partial charge in [-0.05, 0) is 56.6 Å². The van der Waals surface area contributed by atoms with Gasteiger partial charge in [0, 0.05) is 50.5 Å². The van der Waals surface area contributed by atoms with Crippen LogP contribution in [0.25, 0.3) is 11.2 Å². The fourth-order valence-corrected chi connectivity index (χ4v) is 6.35. The third-order valence-corrected chi connectivity index (χ3v) is 8.88. The molecule has 0 atom stereocenters. The topological polar surface area (TPSA) is 100 Å². The average molecular weight is 497 g/mol. The Morgan fingerprint density at radius 3 is 2.46 bits per heavy atom. The van der Waals surface area contributed by atoms with Crippen molar-refractivity contribution < 1.29 is 13.2 Å². The van der Waals surface area contributed by atoms with E-state index in [2.05, 4.69) is 26.7 Å². The first-order valence-electron chi connectivity index (χ1n) is 12.4. The van der Waals surface area contributed by atoms with Crippen molar-refractivity contribution in [2.45, 2.75) is 51.0 Å². The van der Waals surface area contributed by atoms with E-state index in [4.69, 9.17) is 4.98 Å². The molecule has 2 aliphatic rings. The highest BCUT2D eigenvalue weighted by Crippen LogP contribution is 2.25. The van der Waals surface area contributed by atoms with E-state index in [0.717, 1.165) is 62.6 Å². The van der Waals surface area contributed by atoms with E-state index < -0.39 is 10.0 Å². The van der Waals surface area contributed by atoms with Crippen LogP contribution in [0.1, 0.15) is 48.1 Å². The Morgan fingerprint density at radius 2 is 1.74 bits per heavy atom. The summed E-state index contributed by atoms with van der Waals surface area (Å²) in [5.41, 5.74) is 3.16. The molecule has 1 fully saturated rings. The van der Waals surface area contributed by atoms with Crippen molar-refractivity contribution in [3.8, 4) is 0 Å². The highest BCUT2D eigenvalue weighted by molar-refractivity contribution is 7.89. The molecule has 2 aliphatic heterocycles. The minimum atomic E-state index is -3.56. The molecule has 4 heterocycles. The van der Waals surface area contributed by atoms with Crippen LogP contribution in [0.4, 0.5) is 5.69 Å². The van der Waals surface area contributed by atoms with Crippen molar-refractivity contribution in [2.75, 3.05) is 38.0 Å². The molecular formula is C25H32N6O3S. The zero-order valence-corrected chi connectivity index (χ0v) is 21.1. The molecule has 0 spiro atoms. The summed E-state index contributed by atoms with van der Waals surface area (Å²) in [7, 11) is -3.56. The number of hydrogen-bond donors (Lipinski definition) is 1. The van der Waals surface area contributed by atoms with Gasteiger partial charge in [-0.25, -0.2) is 18.4 Å². The first kappa shape index (κ1) is 23.9. The number of anilines is 1. The van der Waals surface area contributed by atoms with Gasteiger partial charge in [0.2, 0.25) is 10.0 Å². The highest BCUT2D eigenvalue weighted by atomic mass is 32.2. The molecule has 35 heavy (non-hydrogen) atoms. The van der Waals surface area contributed by atoms with Crippen LogP contribution in [0.15, 0.2) is 35.2 Å². The van der Waals surface area contributed by atoms with Crippen molar-refractivity contribution in [3.05, 3.63) is 47.4 Å². The van der Waals surface area contributed by atoms with Gasteiger partial charge in [0.15, 0.2) is 5.65 Å². The molecule has 1 aromatic carbocycles. The second kappa shape index (κ2) is 9.67. The van der Waals surface area contributed by atoms with Gasteiger partial charge in [-0.1, -0.05) is 13.3 Å². The summed E-state index contributed by atoms with van der Waals surface area (Å²) < 4.78 is 29.8. The van der Waals surface area contributed by atoms with Crippen LogP contribution in [0, 0.1) is 6.92 Å². The number of nitrogens with one attached hydrogen (secondary N) is 1. The van der Waals surface area contributed by atoms with Crippen molar-refractivity contribution in [1.82, 2.24) is 23.7 Å². The number of carbonyl (C=O) groups is 1. The largest absolute Gasteiger partial charge is 0.322 e. The first-order valence-corrected chi connectivity index (χ1v) is 13.8. The van der Waals surface area contributed by atoms with Gasteiger partial charge in [0.25, 0.3) is 5.91 Å². The predicted octanol–water partition coefficient (Wildman–Crippen LogP) is 3.04. The van der Waals surface area contributed by atoms with Gasteiger partial charge >= 0.3 is 0 Å². The molecule has 1 saturated heterocycles. The number of piperazine rings is 1. The third-order valence-electron chi connectivity index (χ3n) is 6.97. The minimum Gasteiger partial charge on any atom is -0.322 e. The summed E-state index contributed by atoms with van der Waals surface area (Å²) in [6.07, 6.45) is 4.23. The number of aromatic nitrogens is 3. The first-order chi connectivity index (χ1) is 16.9. The predicted molar refractivity (Wildman–Crippen MR) is 135 cm³/mol. The fraction of sp³-hybridized carbons (Fsp3) is 0.480. The molecule has 10 heteroatoms. The Balaban J connectivity index is 1.35. The number of pyridine rings is 1. The monoisotopic (exact) mass is 496 g/mol. The summed E-state index contributed by atoms with van der Waals surface area (Å²) in [4.78, 5) is 25.2. The van der Waals surface area contributed by atoms with Gasteiger partial charge < -0.3 is 14.8 Å². The lowest BCUT2D eigenvalue weighted by molar-refractivity contribution is 0.102. The van der Waals surface area contributed by atoms with E-state index in [-0.39, 0.29) is 10.8 Å². The number of nitrogens with zero attached hydrogens (tertiary/aromatic N) is 5. The molecule has 0 radical (unpaired) electrons. The van der Waals surface area contributed by atoms with Crippen molar-refractivity contribution in [3.63, 3.8) is 0 Å². The molecule has 0 unspecified atom stereocenters. The minimum absolute atomic E-state index is 0.237. The SMILES string of the molecule is CCN1CCN(S(=O)(=O)c2ccc(NC(=O)c3cc(C)nc4c3nc3n4CCCCC3)cc2)CC1. The number of hydrogen-bond acceptors (Lipinski definition) is 6. The van der Waals surface area contributed by atoms with Gasteiger partial charge in [-0.15, -0.1) is 0 Å². The van der Waals surface area contributed by atoms with Gasteiger partial charge in [-0.3, -0.25) is 4.79 Å². The maximum atomic E-state index is 13.2. The number of carbonyl (C=O) groups excluding carboxylic acids is 1. The number of rotatable bonds is 5. The van der Waals surface area contributed by atoms with Crippen LogP contribution in [0.3, 0.4) is 0 Å². The number of likely N-dealkylation sites (N-methyl/N-ethyl adjacent to an activating group) is 1. The summed E-state index contributed by atoms with van der Waals surface area (Å²) in [5.74, 6) is 0.707. The molecule has 186 valence electrons. The Bertz CT molecular complexity index is 1340. The molecule has 1 N–H and O–H groups in total. The number of sulfonamides is 1. The smallest absolute Gasteiger partial charge is 0.258 e. The van der Waals surface area contributed by atoms with Crippen molar-refractivity contribution in [2.24, 2.45) is 0 Å². The quantitative estimate of drug-likeness (QED) is 0.583.